The van der Waals surface area contributed by atoms with Gasteiger partial charge in [-0.1, -0.05) is 84.9 Å². The molecular formula is C32H23N3O4. The van der Waals surface area contributed by atoms with Crippen molar-refractivity contribution in [3.8, 4) is 17.4 Å². The number of aromatic nitrogens is 1. The van der Waals surface area contributed by atoms with Gasteiger partial charge in [-0.25, -0.2) is 0 Å². The van der Waals surface area contributed by atoms with Gasteiger partial charge in [0.15, 0.2) is 17.2 Å². The minimum Gasteiger partial charge on any atom is -0.493 e. The van der Waals surface area contributed by atoms with E-state index >= 15 is 0 Å². The summed E-state index contributed by atoms with van der Waals surface area (Å²) in [7, 11) is 0. The van der Waals surface area contributed by atoms with Crippen molar-refractivity contribution in [2.24, 2.45) is 10.2 Å². The number of carbonyl (C=O) groups is 1. The standard InChI is InChI=1S/C32H23N3O4/c36-31(29-19-38-27-16-21-9-1-2-10-22(21)17-28(27)39-29)34-33-30-25-14-5-6-15-26(25)35(32(30)37)18-23-12-7-11-20-8-3-4-13-24(20)23/h1-17,29,37H,18-19H2/t29-/m1/s1. The number of rotatable bonds is 4. The molecule has 0 spiro atoms. The first kappa shape index (κ1) is 23.0. The van der Waals surface area contributed by atoms with Crippen molar-refractivity contribution in [2.75, 3.05) is 6.61 Å². The smallest absolute Gasteiger partial charge is 0.308 e. The Morgan fingerprint density at radius 3 is 2.31 bits per heavy atom. The van der Waals surface area contributed by atoms with Crippen molar-refractivity contribution in [3.05, 3.63) is 109 Å². The second kappa shape index (κ2) is 9.29. The Kier molecular flexibility index (Phi) is 5.48. The largest absolute Gasteiger partial charge is 0.493 e. The van der Waals surface area contributed by atoms with Gasteiger partial charge < -0.3 is 19.1 Å². The van der Waals surface area contributed by atoms with E-state index in [1.807, 2.05) is 84.9 Å². The Bertz CT molecular complexity index is 1920. The van der Waals surface area contributed by atoms with Crippen LogP contribution in [0.1, 0.15) is 5.56 Å². The number of para-hydroxylation sites is 1. The topological polar surface area (TPSA) is 85.4 Å². The van der Waals surface area contributed by atoms with Crippen LogP contribution in [0, 0.1) is 0 Å². The third-order valence-corrected chi connectivity index (χ3v) is 7.12. The average Bonchev–Trinajstić information content (AvgIpc) is 3.24. The monoisotopic (exact) mass is 513 g/mol. The molecule has 2 heterocycles. The number of fused-ring (bicyclic) bond motifs is 4. The first-order valence-corrected chi connectivity index (χ1v) is 12.7. The summed E-state index contributed by atoms with van der Waals surface area (Å²) in [5.41, 5.74) is 2.09. The maximum atomic E-state index is 13.0. The molecule has 0 aliphatic carbocycles. The molecule has 5 aromatic carbocycles. The van der Waals surface area contributed by atoms with Crippen LogP contribution in [0.4, 0.5) is 5.69 Å². The molecule has 7 rings (SSSR count). The molecule has 0 unspecified atom stereocenters. The molecule has 1 aliphatic rings. The zero-order valence-corrected chi connectivity index (χ0v) is 20.8. The molecule has 190 valence electrons. The molecule has 0 saturated carbocycles. The van der Waals surface area contributed by atoms with E-state index in [1.165, 1.54) is 0 Å². The highest BCUT2D eigenvalue weighted by atomic mass is 16.6. The van der Waals surface area contributed by atoms with Crippen LogP contribution in [0.2, 0.25) is 0 Å². The van der Waals surface area contributed by atoms with E-state index in [-0.39, 0.29) is 18.2 Å². The molecule has 0 radical (unpaired) electrons. The highest BCUT2D eigenvalue weighted by molar-refractivity contribution is 5.96. The molecule has 1 amide bonds. The van der Waals surface area contributed by atoms with Crippen LogP contribution in [0.5, 0.6) is 17.4 Å². The van der Waals surface area contributed by atoms with Gasteiger partial charge in [0.05, 0.1) is 12.1 Å². The van der Waals surface area contributed by atoms with E-state index in [9.17, 15) is 9.90 Å². The van der Waals surface area contributed by atoms with Gasteiger partial charge in [0.1, 0.15) is 6.61 Å². The summed E-state index contributed by atoms with van der Waals surface area (Å²) in [6.07, 6.45) is -0.936. The number of hydrogen-bond donors (Lipinski definition) is 1. The van der Waals surface area contributed by atoms with Crippen molar-refractivity contribution in [1.29, 1.82) is 0 Å². The van der Waals surface area contributed by atoms with Crippen LogP contribution in [0.25, 0.3) is 32.4 Å². The van der Waals surface area contributed by atoms with Gasteiger partial charge in [-0.3, -0.25) is 4.79 Å². The molecule has 0 fully saturated rings. The Morgan fingerprint density at radius 1 is 0.821 bits per heavy atom. The number of benzene rings is 5. The first-order chi connectivity index (χ1) is 19.2. The highest BCUT2D eigenvalue weighted by Crippen LogP contribution is 2.40. The number of amides is 1. The van der Waals surface area contributed by atoms with Crippen LogP contribution < -0.4 is 9.47 Å². The lowest BCUT2D eigenvalue weighted by atomic mass is 10.0. The maximum absolute atomic E-state index is 13.0. The third-order valence-electron chi connectivity index (χ3n) is 7.12. The predicted octanol–water partition coefficient (Wildman–Crippen LogP) is 7.15. The van der Waals surface area contributed by atoms with Crippen molar-refractivity contribution >= 4 is 44.0 Å². The van der Waals surface area contributed by atoms with Crippen LogP contribution in [0.3, 0.4) is 0 Å². The second-order valence-corrected chi connectivity index (χ2v) is 9.52. The zero-order valence-electron chi connectivity index (χ0n) is 20.8. The Hall–Kier alpha value is -5.17. The molecule has 1 aliphatic heterocycles. The van der Waals surface area contributed by atoms with E-state index in [1.54, 1.807) is 4.57 Å². The number of carbonyl (C=O) groups excluding carboxylic acids is 1. The van der Waals surface area contributed by atoms with Crippen LogP contribution >= 0.6 is 0 Å². The highest BCUT2D eigenvalue weighted by Gasteiger charge is 2.28. The lowest BCUT2D eigenvalue weighted by Crippen LogP contribution is -2.35. The first-order valence-electron chi connectivity index (χ1n) is 12.7. The van der Waals surface area contributed by atoms with E-state index < -0.39 is 12.0 Å². The zero-order chi connectivity index (χ0) is 26.3. The second-order valence-electron chi connectivity index (χ2n) is 9.52. The van der Waals surface area contributed by atoms with E-state index in [4.69, 9.17) is 9.47 Å². The minimum atomic E-state index is -0.936. The summed E-state index contributed by atoms with van der Waals surface area (Å²) >= 11 is 0. The number of hydrogen-bond acceptors (Lipinski definition) is 5. The SMILES string of the molecule is O=C(N=Nc1c(O)n(Cc2cccc3ccccc23)c2ccccc12)[C@H]1COc2cc3ccccc3cc2O1. The molecule has 1 aromatic heterocycles. The normalized spacial score (nSPS) is 14.9. The molecule has 39 heavy (non-hydrogen) atoms. The molecule has 6 aromatic rings. The minimum absolute atomic E-state index is 0.0258. The Morgan fingerprint density at radius 2 is 1.49 bits per heavy atom. The average molecular weight is 514 g/mol. The van der Waals surface area contributed by atoms with Gasteiger partial charge in [0.25, 0.3) is 0 Å². The fourth-order valence-corrected chi connectivity index (χ4v) is 5.17. The van der Waals surface area contributed by atoms with Crippen molar-refractivity contribution in [1.82, 2.24) is 4.57 Å². The van der Waals surface area contributed by atoms with Gasteiger partial charge in [0.2, 0.25) is 12.0 Å². The number of nitrogens with zero attached hydrogens (tertiary/aromatic N) is 3. The maximum Gasteiger partial charge on any atom is 0.308 e. The summed E-state index contributed by atoms with van der Waals surface area (Å²) in [4.78, 5) is 13.0. The van der Waals surface area contributed by atoms with E-state index in [0.29, 0.717) is 23.4 Å². The van der Waals surface area contributed by atoms with Crippen molar-refractivity contribution in [2.45, 2.75) is 12.6 Å². The molecule has 7 heteroatoms. The predicted molar refractivity (Wildman–Crippen MR) is 150 cm³/mol. The van der Waals surface area contributed by atoms with Crippen molar-refractivity contribution < 1.29 is 19.4 Å². The number of azo groups is 1. The van der Waals surface area contributed by atoms with Gasteiger partial charge in [-0.2, -0.15) is 0 Å². The number of ether oxygens (including phenoxy) is 2. The summed E-state index contributed by atoms with van der Waals surface area (Å²) in [5, 5.41) is 24.3. The molecule has 0 bridgehead atoms. The quantitative estimate of drug-likeness (QED) is 0.254. The summed E-state index contributed by atoms with van der Waals surface area (Å²) in [6.45, 7) is 0.458. The van der Waals surface area contributed by atoms with Gasteiger partial charge in [-0.15, -0.1) is 10.2 Å². The van der Waals surface area contributed by atoms with E-state index in [0.717, 1.165) is 32.6 Å². The van der Waals surface area contributed by atoms with Crippen molar-refractivity contribution in [3.63, 3.8) is 0 Å². The lowest BCUT2D eigenvalue weighted by molar-refractivity contribution is -0.127. The summed E-state index contributed by atoms with van der Waals surface area (Å²) < 4.78 is 13.5. The van der Waals surface area contributed by atoms with Crippen LogP contribution in [-0.4, -0.2) is 28.3 Å². The molecule has 1 N–H and O–H groups in total. The van der Waals surface area contributed by atoms with Crippen LogP contribution in [-0.2, 0) is 11.3 Å². The molecular weight excluding hydrogens is 490 g/mol. The van der Waals surface area contributed by atoms with Gasteiger partial charge in [0, 0.05) is 5.39 Å². The fourth-order valence-electron chi connectivity index (χ4n) is 5.17. The molecule has 0 saturated heterocycles. The third kappa shape index (κ3) is 4.05. The Balaban J connectivity index is 1.19. The Labute approximate surface area is 223 Å². The summed E-state index contributed by atoms with van der Waals surface area (Å²) in [5.74, 6) is 0.435. The number of aromatic hydroxyl groups is 1. The summed E-state index contributed by atoms with van der Waals surface area (Å²) in [6, 6.07) is 33.4. The van der Waals surface area contributed by atoms with Gasteiger partial charge in [-0.05, 0) is 45.3 Å². The van der Waals surface area contributed by atoms with Crippen LogP contribution in [0.15, 0.2) is 113 Å². The van der Waals surface area contributed by atoms with Gasteiger partial charge >= 0.3 is 5.91 Å². The van der Waals surface area contributed by atoms with E-state index in [2.05, 4.69) is 28.4 Å². The lowest BCUT2D eigenvalue weighted by Gasteiger charge is -2.24. The molecule has 7 nitrogen and oxygen atoms in total. The molecule has 1 atom stereocenters. The fraction of sp³-hybridized carbons (Fsp3) is 0.0938.